The zero-order chi connectivity index (χ0) is 47.8. The molecule has 18 nitrogen and oxygen atoms in total. The highest BCUT2D eigenvalue weighted by molar-refractivity contribution is 5.91. The van der Waals surface area contributed by atoms with Crippen LogP contribution < -0.4 is 0 Å². The maximum Gasteiger partial charge on any atom is 0.308 e. The van der Waals surface area contributed by atoms with E-state index in [1.54, 1.807) is 59.7 Å². The Bertz CT molecular complexity index is 1570. The molecular weight excluding hydrogens is 874 g/mol. The number of aliphatic hydroxyl groups excluding tert-OH is 4. The van der Waals surface area contributed by atoms with Crippen LogP contribution in [0.15, 0.2) is 23.8 Å². The molecule has 3 fully saturated rings. The molecule has 0 spiro atoms. The van der Waals surface area contributed by atoms with Crippen molar-refractivity contribution in [2.24, 2.45) is 23.7 Å². The first-order valence-corrected chi connectivity index (χ1v) is 22.7. The number of methoxy groups -OCH3 is 2. The second-order valence-electron chi connectivity index (χ2n) is 18.7. The molecule has 5 N–H and O–H groups in total. The number of likely N-dealkylation sites (N-methyl/N-ethyl adjacent to an activating group) is 1. The van der Waals surface area contributed by atoms with E-state index in [0.29, 0.717) is 12.0 Å². The summed E-state index contributed by atoms with van der Waals surface area (Å²) in [5, 5.41) is 55.8. The molecule has 0 amide bonds. The van der Waals surface area contributed by atoms with E-state index in [-0.39, 0.29) is 44.1 Å². The summed E-state index contributed by atoms with van der Waals surface area (Å²) in [4.78, 5) is 41.5. The van der Waals surface area contributed by atoms with Crippen LogP contribution >= 0.6 is 12.4 Å². The number of allylic oxidation sites excluding steroid dienone is 3. The highest BCUT2D eigenvalue weighted by atomic mass is 35.5. The summed E-state index contributed by atoms with van der Waals surface area (Å²) in [6, 6.07) is -0.748. The molecule has 0 aromatic carbocycles. The van der Waals surface area contributed by atoms with Crippen LogP contribution in [0.3, 0.4) is 0 Å². The van der Waals surface area contributed by atoms with Crippen molar-refractivity contribution >= 4 is 30.4 Å². The van der Waals surface area contributed by atoms with Crippen LogP contribution in [-0.4, -0.2) is 187 Å². The van der Waals surface area contributed by atoms with E-state index < -0.39 is 140 Å². The summed E-state index contributed by atoms with van der Waals surface area (Å²) in [7, 11) is 6.43. The van der Waals surface area contributed by atoms with E-state index in [9.17, 15) is 39.9 Å². The molecule has 4 aliphatic heterocycles. The van der Waals surface area contributed by atoms with Crippen molar-refractivity contribution < 1.29 is 82.5 Å². The number of hydrogen-bond acceptors (Lipinski definition) is 18. The fourth-order valence-electron chi connectivity index (χ4n) is 9.51. The second kappa shape index (κ2) is 25.6. The zero-order valence-electron chi connectivity index (χ0n) is 40.1. The Labute approximate surface area is 390 Å². The third-order valence-corrected chi connectivity index (χ3v) is 13.4. The molecule has 0 radical (unpaired) electrons. The highest BCUT2D eigenvalue weighted by Gasteiger charge is 2.52. The molecule has 3 saturated heterocycles. The molecule has 0 unspecified atom stereocenters. The Kier molecular flexibility index (Phi) is 22.6. The number of nitrogens with zero attached hydrogens (tertiary/aromatic N) is 1. The first-order valence-electron chi connectivity index (χ1n) is 22.7. The minimum absolute atomic E-state index is 0. The van der Waals surface area contributed by atoms with Crippen molar-refractivity contribution in [1.29, 1.82) is 0 Å². The second-order valence-corrected chi connectivity index (χ2v) is 18.7. The maximum absolute atomic E-state index is 13.8. The van der Waals surface area contributed by atoms with Crippen molar-refractivity contribution in [3.05, 3.63) is 23.8 Å². The fraction of sp³-hybridized carbons (Fsp3) is 0.848. The Morgan fingerprint density at radius 3 is 2.09 bits per heavy atom. The predicted octanol–water partition coefficient (Wildman–Crippen LogP) is 2.26. The number of carbonyl (C=O) groups excluding carboxylic acids is 3. The smallest absolute Gasteiger partial charge is 0.308 e. The van der Waals surface area contributed by atoms with Gasteiger partial charge in [0, 0.05) is 44.8 Å². The lowest BCUT2D eigenvalue weighted by Gasteiger charge is -2.50. The molecule has 376 valence electrons. The van der Waals surface area contributed by atoms with Gasteiger partial charge in [-0.1, -0.05) is 38.5 Å². The van der Waals surface area contributed by atoms with Crippen LogP contribution in [-0.2, 0) is 57.0 Å². The van der Waals surface area contributed by atoms with Crippen molar-refractivity contribution in [2.75, 3.05) is 34.9 Å². The average Bonchev–Trinajstić information content (AvgIpc) is 3.23. The molecule has 0 aliphatic carbocycles. The molecule has 0 aromatic heterocycles. The summed E-state index contributed by atoms with van der Waals surface area (Å²) in [5.41, 5.74) is -0.806. The number of cyclic esters (lactones) is 1. The molecule has 65 heavy (non-hydrogen) atoms. The summed E-state index contributed by atoms with van der Waals surface area (Å²) in [6.45, 7) is 13.6. The van der Waals surface area contributed by atoms with Crippen LogP contribution in [0.4, 0.5) is 0 Å². The molecule has 19 heteroatoms. The topological polar surface area (TPSA) is 239 Å². The van der Waals surface area contributed by atoms with E-state index in [0.717, 1.165) is 6.29 Å². The van der Waals surface area contributed by atoms with Crippen molar-refractivity contribution in [1.82, 2.24) is 4.90 Å². The first kappa shape index (κ1) is 57.3. The minimum atomic E-state index is -1.49. The molecule has 21 atom stereocenters. The van der Waals surface area contributed by atoms with Gasteiger partial charge in [-0.2, -0.15) is 0 Å². The van der Waals surface area contributed by atoms with Gasteiger partial charge in [-0.3, -0.25) is 9.59 Å². The Morgan fingerprint density at radius 2 is 1.51 bits per heavy atom. The third-order valence-electron chi connectivity index (χ3n) is 13.4. The number of ether oxygens (including phenoxy) is 9. The van der Waals surface area contributed by atoms with Gasteiger partial charge >= 0.3 is 5.97 Å². The quantitative estimate of drug-likeness (QED) is 0.131. The van der Waals surface area contributed by atoms with Crippen molar-refractivity contribution in [3.63, 3.8) is 0 Å². The summed E-state index contributed by atoms with van der Waals surface area (Å²) in [5.74, 6) is -3.59. The van der Waals surface area contributed by atoms with E-state index in [2.05, 4.69) is 0 Å². The average molecular weight is 953 g/mol. The van der Waals surface area contributed by atoms with Gasteiger partial charge in [0.15, 0.2) is 24.7 Å². The van der Waals surface area contributed by atoms with Gasteiger partial charge in [0.25, 0.3) is 0 Å². The lowest BCUT2D eigenvalue weighted by atomic mass is 9.79. The molecular formula is C46H78ClNO17. The molecule has 4 heterocycles. The van der Waals surface area contributed by atoms with E-state index >= 15 is 0 Å². The van der Waals surface area contributed by atoms with Crippen molar-refractivity contribution in [2.45, 2.75) is 191 Å². The molecule has 0 saturated carbocycles. The van der Waals surface area contributed by atoms with Crippen LogP contribution in [0.1, 0.15) is 87.5 Å². The van der Waals surface area contributed by atoms with Crippen LogP contribution in [0.5, 0.6) is 0 Å². The largest absolute Gasteiger partial charge is 0.462 e. The zero-order valence-corrected chi connectivity index (χ0v) is 40.9. The van der Waals surface area contributed by atoms with Gasteiger partial charge in [-0.25, -0.2) is 0 Å². The third kappa shape index (κ3) is 14.5. The number of aliphatic hydroxyl groups is 5. The minimum Gasteiger partial charge on any atom is -0.462 e. The number of ketones is 1. The summed E-state index contributed by atoms with van der Waals surface area (Å²) >= 11 is 0. The van der Waals surface area contributed by atoms with Crippen LogP contribution in [0.2, 0.25) is 0 Å². The molecule has 4 aliphatic rings. The maximum atomic E-state index is 13.8. The Balaban J connectivity index is 0.0000112. The number of halogens is 1. The predicted molar refractivity (Wildman–Crippen MR) is 238 cm³/mol. The molecule has 0 bridgehead atoms. The van der Waals surface area contributed by atoms with Crippen LogP contribution in [0, 0.1) is 23.7 Å². The number of rotatable bonds is 13. The Hall–Kier alpha value is -1.98. The standard InChI is InChI=1S/C46H77NO17.ClH/c1-13-33-30(22-58-45-42(57-12)41(56-11)37(52)26(5)60-45)18-23(2)14-15-31(49)24(3)19-29(16-17-48)39(25(4)32(50)20-34(51)62-33)64-44-38(53)36(47(9)10)40(27(6)61-44)63-35-21-46(8,55)43(54)28(7)59-35;/h14-15,17-18,24-30,32-33,35-45,50,52-55H,13,16,19-22H2,1-12H3;1H/b15-14+,23-18+;/t24-,25+,26-,27-,28+,29+,30-,32-,33-,35+,36+,37+,38-,39-,40-,41-,42-,43+,44+,45-,46-;/m1./s1. The van der Waals surface area contributed by atoms with Gasteiger partial charge in [0.2, 0.25) is 0 Å². The molecule has 0 aromatic rings. The van der Waals surface area contributed by atoms with Crippen LogP contribution in [0.25, 0.3) is 0 Å². The normalized spacial score (nSPS) is 45.2. The lowest BCUT2D eigenvalue weighted by Crippen LogP contribution is -2.65. The Morgan fingerprint density at radius 1 is 0.862 bits per heavy atom. The number of aldehydes is 1. The van der Waals surface area contributed by atoms with E-state index in [4.69, 9.17) is 42.6 Å². The summed E-state index contributed by atoms with van der Waals surface area (Å²) < 4.78 is 54.7. The number of hydrogen-bond donors (Lipinski definition) is 5. The first-order chi connectivity index (χ1) is 30.1. The monoisotopic (exact) mass is 951 g/mol. The van der Waals surface area contributed by atoms with E-state index in [1.807, 2.05) is 19.9 Å². The number of carbonyl (C=O) groups is 3. The van der Waals surface area contributed by atoms with E-state index in [1.165, 1.54) is 27.2 Å². The molecule has 4 rings (SSSR count). The van der Waals surface area contributed by atoms with Gasteiger partial charge in [-0.05, 0) is 73.5 Å². The fourth-order valence-corrected chi connectivity index (χ4v) is 9.51. The van der Waals surface area contributed by atoms with Gasteiger partial charge in [0.05, 0.1) is 55.2 Å². The SMILES string of the molecule is CC[C@H]1OC(=O)C[C@@H](O)[C@H](C)[C@@H](O[C@@H]2O[C@H](C)[C@@H](O[C@H]3C[C@@](C)(O)[C@@H](O)[C@H](C)O3)[C@@H](N(C)C)[C@H]2O)[C@@H](CC=O)C[C@@H](C)C(=O)/C=C/C(C)=C/[C@@H]1CO[C@@H]1O[C@H](C)[C@H](O)[C@@H](OC)[C@H]1OC.Cl. The number of esters is 1. The van der Waals surface area contributed by atoms with Crippen molar-refractivity contribution in [3.8, 4) is 0 Å². The van der Waals surface area contributed by atoms with Gasteiger partial charge < -0.3 is 77.9 Å². The lowest BCUT2D eigenvalue weighted by molar-refractivity contribution is -0.341. The van der Waals surface area contributed by atoms with Gasteiger partial charge in [-0.15, -0.1) is 12.4 Å². The highest BCUT2D eigenvalue weighted by Crippen LogP contribution is 2.37. The summed E-state index contributed by atoms with van der Waals surface area (Å²) in [6.07, 6.45) is -8.49. The van der Waals surface area contributed by atoms with Gasteiger partial charge in [0.1, 0.15) is 49.0 Å².